The van der Waals surface area contributed by atoms with E-state index in [0.717, 1.165) is 16.8 Å². The molecule has 3 aromatic rings. The van der Waals surface area contributed by atoms with Gasteiger partial charge in [0.25, 0.3) is 11.8 Å². The van der Waals surface area contributed by atoms with Gasteiger partial charge in [0.05, 0.1) is 0 Å². The second kappa shape index (κ2) is 8.74. The van der Waals surface area contributed by atoms with Crippen molar-refractivity contribution in [3.8, 4) is 11.4 Å². The Kier molecular flexibility index (Phi) is 6.13. The average Bonchev–Trinajstić information content (AvgIpc) is 3.11. The normalized spacial score (nSPS) is 11.6. The molecule has 0 aliphatic carbocycles. The summed E-state index contributed by atoms with van der Waals surface area (Å²) >= 11 is 5.27. The molecule has 0 bridgehead atoms. The number of aromatic nitrogens is 2. The number of rotatable bonds is 5. The highest BCUT2D eigenvalue weighted by molar-refractivity contribution is 7.71. The summed E-state index contributed by atoms with van der Waals surface area (Å²) in [6.45, 7) is 5.52. The van der Waals surface area contributed by atoms with Gasteiger partial charge in [0.2, 0.25) is 0 Å². The quantitative estimate of drug-likeness (QED) is 0.444. The molecule has 3 N–H and O–H groups in total. The Morgan fingerprint density at radius 1 is 1.07 bits per heavy atom. The lowest BCUT2D eigenvalue weighted by molar-refractivity contribution is -0.128. The van der Waals surface area contributed by atoms with Crippen molar-refractivity contribution in [2.24, 2.45) is 0 Å². The number of carbonyl (C=O) groups excluding carboxylic acids is 2. The molecule has 1 atom stereocenters. The van der Waals surface area contributed by atoms with Crippen LogP contribution in [0, 0.1) is 18.6 Å². The van der Waals surface area contributed by atoms with Gasteiger partial charge in [-0.3, -0.25) is 25.0 Å². The van der Waals surface area contributed by atoms with Crippen molar-refractivity contribution >= 4 is 24.0 Å². The van der Waals surface area contributed by atoms with Crippen molar-refractivity contribution in [3.05, 3.63) is 76.3 Å². The molecule has 2 amide bonds. The molecular formula is C21H22N4O3S. The lowest BCUT2D eigenvalue weighted by Crippen LogP contribution is -2.47. The van der Waals surface area contributed by atoms with Crippen molar-refractivity contribution in [1.82, 2.24) is 20.4 Å². The van der Waals surface area contributed by atoms with Crippen LogP contribution in [0.4, 0.5) is 0 Å². The molecule has 29 heavy (non-hydrogen) atoms. The topological polar surface area (TPSA) is 88.2 Å². The number of hydrogen-bond donors (Lipinski definition) is 3. The maximum absolute atomic E-state index is 12.6. The first kappa shape index (κ1) is 20.3. The SMILES string of the molecule is Cc1cccc(O[C@@H](C)C(=O)NNC(=O)c2c[nH]c(=S)n2-c2ccccc2)c1C. The van der Waals surface area contributed by atoms with Gasteiger partial charge in [-0.15, -0.1) is 0 Å². The van der Waals surface area contributed by atoms with Gasteiger partial charge in [-0.25, -0.2) is 0 Å². The van der Waals surface area contributed by atoms with Crippen LogP contribution in [-0.4, -0.2) is 27.5 Å². The molecule has 0 saturated carbocycles. The van der Waals surface area contributed by atoms with Crippen LogP contribution in [-0.2, 0) is 4.79 Å². The molecule has 0 aliphatic heterocycles. The Morgan fingerprint density at radius 2 is 1.79 bits per heavy atom. The lowest BCUT2D eigenvalue weighted by atomic mass is 10.1. The zero-order valence-electron chi connectivity index (χ0n) is 16.4. The molecule has 0 fully saturated rings. The fourth-order valence-corrected chi connectivity index (χ4v) is 3.01. The Labute approximate surface area is 173 Å². The summed E-state index contributed by atoms with van der Waals surface area (Å²) in [6.07, 6.45) is 0.699. The van der Waals surface area contributed by atoms with E-state index in [-0.39, 0.29) is 5.69 Å². The molecule has 2 aromatic carbocycles. The standard InChI is InChI=1S/C21H22N4O3S/c1-13-8-7-11-18(14(13)2)28-15(3)19(26)23-24-20(27)17-12-22-21(29)25(17)16-9-5-4-6-10-16/h4-12,15H,1-3H3,(H,22,29)(H,23,26)(H,24,27)/t15-/m0/s1. The molecule has 0 saturated heterocycles. The predicted octanol–water partition coefficient (Wildman–Crippen LogP) is 3.38. The van der Waals surface area contributed by atoms with Crippen molar-refractivity contribution in [2.75, 3.05) is 0 Å². The van der Waals surface area contributed by atoms with Gasteiger partial charge < -0.3 is 9.72 Å². The summed E-state index contributed by atoms with van der Waals surface area (Å²) in [6, 6.07) is 14.9. The van der Waals surface area contributed by atoms with Crippen LogP contribution >= 0.6 is 12.2 Å². The summed E-state index contributed by atoms with van der Waals surface area (Å²) < 4.78 is 7.70. The number of hydrogen-bond acceptors (Lipinski definition) is 4. The number of nitrogens with zero attached hydrogens (tertiary/aromatic N) is 1. The Morgan fingerprint density at radius 3 is 2.52 bits per heavy atom. The Hall–Kier alpha value is -3.39. The zero-order valence-corrected chi connectivity index (χ0v) is 17.2. The number of ether oxygens (including phenoxy) is 1. The number of carbonyl (C=O) groups is 2. The molecule has 3 rings (SSSR count). The highest BCUT2D eigenvalue weighted by atomic mass is 32.1. The van der Waals surface area contributed by atoms with E-state index in [2.05, 4.69) is 15.8 Å². The molecule has 0 unspecified atom stereocenters. The number of amides is 2. The number of aryl methyl sites for hydroxylation is 1. The number of aromatic amines is 1. The van der Waals surface area contributed by atoms with Gasteiger partial charge in [0, 0.05) is 11.9 Å². The first-order valence-electron chi connectivity index (χ1n) is 9.07. The lowest BCUT2D eigenvalue weighted by Gasteiger charge is -2.17. The monoisotopic (exact) mass is 410 g/mol. The second-order valence-electron chi connectivity index (χ2n) is 6.55. The highest BCUT2D eigenvalue weighted by Crippen LogP contribution is 2.21. The third kappa shape index (κ3) is 4.55. The predicted molar refractivity (Wildman–Crippen MR) is 113 cm³/mol. The molecule has 0 aliphatic rings. The summed E-state index contributed by atoms with van der Waals surface area (Å²) in [5, 5.41) is 0. The van der Waals surface area contributed by atoms with Crippen molar-refractivity contribution in [3.63, 3.8) is 0 Å². The van der Waals surface area contributed by atoms with Gasteiger partial charge >= 0.3 is 0 Å². The minimum Gasteiger partial charge on any atom is -0.481 e. The van der Waals surface area contributed by atoms with E-state index in [4.69, 9.17) is 17.0 Å². The molecule has 0 spiro atoms. The van der Waals surface area contributed by atoms with Crippen molar-refractivity contribution in [2.45, 2.75) is 26.9 Å². The van der Waals surface area contributed by atoms with Gasteiger partial charge in [-0.1, -0.05) is 30.3 Å². The fourth-order valence-electron chi connectivity index (χ4n) is 2.75. The van der Waals surface area contributed by atoms with Crippen LogP contribution in [0.25, 0.3) is 5.69 Å². The average molecular weight is 410 g/mol. The molecule has 1 heterocycles. The Bertz CT molecular complexity index is 1090. The summed E-state index contributed by atoms with van der Waals surface area (Å²) in [4.78, 5) is 27.8. The van der Waals surface area contributed by atoms with E-state index in [9.17, 15) is 9.59 Å². The van der Waals surface area contributed by atoms with Gasteiger partial charge in [0.15, 0.2) is 10.9 Å². The van der Waals surface area contributed by atoms with Crippen LogP contribution in [0.5, 0.6) is 5.75 Å². The van der Waals surface area contributed by atoms with E-state index in [0.29, 0.717) is 10.5 Å². The number of imidazole rings is 1. The van der Waals surface area contributed by atoms with E-state index < -0.39 is 17.9 Å². The third-order valence-electron chi connectivity index (χ3n) is 4.55. The smallest absolute Gasteiger partial charge is 0.288 e. The van der Waals surface area contributed by atoms with Crippen LogP contribution in [0.2, 0.25) is 0 Å². The van der Waals surface area contributed by atoms with Crippen LogP contribution in [0.1, 0.15) is 28.5 Å². The molecule has 1 aromatic heterocycles. The number of nitrogens with one attached hydrogen (secondary N) is 3. The first-order chi connectivity index (χ1) is 13.9. The van der Waals surface area contributed by atoms with Crippen molar-refractivity contribution < 1.29 is 14.3 Å². The number of H-pyrrole nitrogens is 1. The van der Waals surface area contributed by atoms with Crippen LogP contribution < -0.4 is 15.6 Å². The largest absolute Gasteiger partial charge is 0.481 e. The molecule has 0 radical (unpaired) electrons. The molecule has 7 nitrogen and oxygen atoms in total. The van der Waals surface area contributed by atoms with Crippen molar-refractivity contribution in [1.29, 1.82) is 0 Å². The number of para-hydroxylation sites is 1. The van der Waals surface area contributed by atoms with E-state index >= 15 is 0 Å². The summed E-state index contributed by atoms with van der Waals surface area (Å²) in [5.41, 5.74) is 7.85. The number of hydrazine groups is 1. The van der Waals surface area contributed by atoms with E-state index in [1.165, 1.54) is 6.20 Å². The Balaban J connectivity index is 1.66. The van der Waals surface area contributed by atoms with Gasteiger partial charge in [-0.2, -0.15) is 0 Å². The minimum atomic E-state index is -0.794. The van der Waals surface area contributed by atoms with Crippen LogP contribution in [0.3, 0.4) is 0 Å². The highest BCUT2D eigenvalue weighted by Gasteiger charge is 2.19. The molecule has 8 heteroatoms. The number of benzene rings is 2. The summed E-state index contributed by atoms with van der Waals surface area (Å²) in [5.74, 6) is -0.351. The first-order valence-corrected chi connectivity index (χ1v) is 9.48. The van der Waals surface area contributed by atoms with Crippen LogP contribution in [0.15, 0.2) is 54.7 Å². The second-order valence-corrected chi connectivity index (χ2v) is 6.94. The minimum absolute atomic E-state index is 0.268. The van der Waals surface area contributed by atoms with E-state index in [1.54, 1.807) is 17.6 Å². The molecular weight excluding hydrogens is 388 g/mol. The maximum atomic E-state index is 12.6. The van der Waals surface area contributed by atoms with E-state index in [1.807, 2.05) is 56.3 Å². The third-order valence-corrected chi connectivity index (χ3v) is 4.85. The molecule has 150 valence electrons. The zero-order chi connectivity index (χ0) is 21.0. The fraction of sp³-hybridized carbons (Fsp3) is 0.190. The summed E-state index contributed by atoms with van der Waals surface area (Å²) in [7, 11) is 0. The maximum Gasteiger partial charge on any atom is 0.288 e. The van der Waals surface area contributed by atoms with Gasteiger partial charge in [0.1, 0.15) is 11.4 Å². The van der Waals surface area contributed by atoms with Gasteiger partial charge in [-0.05, 0) is 62.3 Å².